The Morgan fingerprint density at radius 1 is 1.19 bits per heavy atom. The van der Waals surface area contributed by atoms with Gasteiger partial charge in [-0.3, -0.25) is 9.36 Å². The zero-order valence-corrected chi connectivity index (χ0v) is 17.2. The van der Waals surface area contributed by atoms with Crippen LogP contribution in [0.15, 0.2) is 29.4 Å². The minimum Gasteiger partial charge on any atom is -0.495 e. The highest BCUT2D eigenvalue weighted by Crippen LogP contribution is 2.34. The number of hydrogen-bond donors (Lipinski definition) is 0. The lowest BCUT2D eigenvalue weighted by molar-refractivity contribution is -0.127. The lowest BCUT2D eigenvalue weighted by Gasteiger charge is -2.28. The van der Waals surface area contributed by atoms with Gasteiger partial charge in [-0.05, 0) is 38.3 Å². The number of aromatic nitrogens is 3. The van der Waals surface area contributed by atoms with E-state index in [1.807, 2.05) is 35.8 Å². The van der Waals surface area contributed by atoms with E-state index in [9.17, 15) is 4.79 Å². The molecule has 2 aromatic rings. The summed E-state index contributed by atoms with van der Waals surface area (Å²) in [5, 5.41) is 9.36. The van der Waals surface area contributed by atoms with E-state index < -0.39 is 0 Å². The van der Waals surface area contributed by atoms with E-state index in [4.69, 9.17) is 4.74 Å². The van der Waals surface area contributed by atoms with Crippen LogP contribution in [0.2, 0.25) is 0 Å². The van der Waals surface area contributed by atoms with E-state index in [0.717, 1.165) is 43.3 Å². The van der Waals surface area contributed by atoms with Gasteiger partial charge in [0.15, 0.2) is 5.16 Å². The normalized spacial score (nSPS) is 15.5. The first-order valence-corrected chi connectivity index (χ1v) is 10.1. The van der Waals surface area contributed by atoms with Gasteiger partial charge >= 0.3 is 0 Å². The molecule has 1 amide bonds. The highest BCUT2D eigenvalue weighted by Gasteiger charge is 2.26. The van der Waals surface area contributed by atoms with Crippen LogP contribution in [0.3, 0.4) is 0 Å². The van der Waals surface area contributed by atoms with Gasteiger partial charge in [-0.2, -0.15) is 0 Å². The lowest BCUT2D eigenvalue weighted by atomic mass is 10.1. The number of anilines is 1. The first-order valence-electron chi connectivity index (χ1n) is 9.24. The van der Waals surface area contributed by atoms with Crippen molar-refractivity contribution in [2.75, 3.05) is 39.2 Å². The maximum absolute atomic E-state index is 12.3. The molecule has 1 aliphatic rings. The number of nitrogens with zero attached hydrogens (tertiary/aromatic N) is 5. The monoisotopic (exact) mass is 389 g/mol. The summed E-state index contributed by atoms with van der Waals surface area (Å²) in [6, 6.07) is 7.84. The van der Waals surface area contributed by atoms with Gasteiger partial charge in [0, 0.05) is 27.2 Å². The summed E-state index contributed by atoms with van der Waals surface area (Å²) in [7, 11) is 5.20. The van der Waals surface area contributed by atoms with Crippen LogP contribution in [-0.2, 0) is 4.79 Å². The van der Waals surface area contributed by atoms with Crippen molar-refractivity contribution in [3.63, 3.8) is 0 Å². The number of hydrogen-bond acceptors (Lipinski definition) is 6. The summed E-state index contributed by atoms with van der Waals surface area (Å²) >= 11 is 1.42. The smallest absolute Gasteiger partial charge is 0.235 e. The van der Waals surface area contributed by atoms with Crippen LogP contribution >= 0.6 is 11.8 Å². The Morgan fingerprint density at radius 2 is 1.89 bits per heavy atom. The molecule has 1 fully saturated rings. The lowest BCUT2D eigenvalue weighted by Crippen LogP contribution is -2.32. The minimum atomic E-state index is -0.258. The third-order valence-corrected chi connectivity index (χ3v) is 5.68. The Kier molecular flexibility index (Phi) is 6.26. The van der Waals surface area contributed by atoms with E-state index in [-0.39, 0.29) is 11.2 Å². The molecule has 0 aliphatic carbocycles. The summed E-state index contributed by atoms with van der Waals surface area (Å²) in [5.41, 5.74) is 0.887. The van der Waals surface area contributed by atoms with Gasteiger partial charge in [0.05, 0.1) is 18.0 Å². The number of thioether (sulfide) groups is 1. The van der Waals surface area contributed by atoms with Crippen molar-refractivity contribution in [1.29, 1.82) is 0 Å². The molecule has 146 valence electrons. The Labute approximate surface area is 164 Å². The number of benzene rings is 1. The Morgan fingerprint density at radius 3 is 2.56 bits per heavy atom. The Hall–Kier alpha value is -2.22. The highest BCUT2D eigenvalue weighted by molar-refractivity contribution is 8.00. The van der Waals surface area contributed by atoms with E-state index in [0.29, 0.717) is 5.16 Å². The van der Waals surface area contributed by atoms with Gasteiger partial charge < -0.3 is 14.5 Å². The maximum Gasteiger partial charge on any atom is 0.235 e. The van der Waals surface area contributed by atoms with Crippen molar-refractivity contribution < 1.29 is 9.53 Å². The zero-order valence-electron chi connectivity index (χ0n) is 16.4. The van der Waals surface area contributed by atoms with Crippen molar-refractivity contribution in [3.05, 3.63) is 24.3 Å². The molecule has 1 saturated heterocycles. The van der Waals surface area contributed by atoms with Crippen molar-refractivity contribution >= 4 is 23.6 Å². The Balaban J connectivity index is 2.03. The molecule has 27 heavy (non-hydrogen) atoms. The molecule has 1 aromatic heterocycles. The predicted molar refractivity (Wildman–Crippen MR) is 108 cm³/mol. The molecule has 0 spiro atoms. The molecular formula is C19H27N5O2S. The third kappa shape index (κ3) is 4.21. The molecule has 0 radical (unpaired) electrons. The first kappa shape index (κ1) is 19.5. The predicted octanol–water partition coefficient (Wildman–Crippen LogP) is 2.84. The Bertz CT molecular complexity index is 786. The molecule has 1 aliphatic heterocycles. The molecule has 0 saturated carbocycles. The fourth-order valence-electron chi connectivity index (χ4n) is 3.23. The first-order chi connectivity index (χ1) is 13.0. The second-order valence-electron chi connectivity index (χ2n) is 6.83. The van der Waals surface area contributed by atoms with Crippen molar-refractivity contribution in [1.82, 2.24) is 19.7 Å². The molecule has 7 nitrogen and oxygen atoms in total. The summed E-state index contributed by atoms with van der Waals surface area (Å²) in [4.78, 5) is 16.2. The number of rotatable bonds is 6. The molecule has 3 rings (SSSR count). The van der Waals surface area contributed by atoms with Crippen LogP contribution in [0.1, 0.15) is 26.2 Å². The number of carbonyl (C=O) groups is 1. The van der Waals surface area contributed by atoms with E-state index >= 15 is 0 Å². The number of carbonyl (C=O) groups excluding carboxylic acids is 1. The summed E-state index contributed by atoms with van der Waals surface area (Å²) < 4.78 is 7.60. The van der Waals surface area contributed by atoms with Gasteiger partial charge in [-0.25, -0.2) is 0 Å². The largest absolute Gasteiger partial charge is 0.495 e. The van der Waals surface area contributed by atoms with E-state index in [1.54, 1.807) is 26.1 Å². The third-order valence-electron chi connectivity index (χ3n) is 4.65. The molecule has 0 bridgehead atoms. The number of piperidine rings is 1. The summed E-state index contributed by atoms with van der Waals surface area (Å²) in [6.07, 6.45) is 3.54. The minimum absolute atomic E-state index is 0.0501. The standard InChI is InChI=1S/C19H27N5O2S/c1-14(17(25)22(2)3)27-19-21-20-18(23-12-8-5-9-13-23)24(19)15-10-6-7-11-16(15)26-4/h6-7,10-11,14H,5,8-9,12-13H2,1-4H3/t14-/m1/s1. The fraction of sp³-hybridized carbons (Fsp3) is 0.526. The number of methoxy groups -OCH3 is 1. The van der Waals surface area contributed by atoms with E-state index in [1.165, 1.54) is 18.2 Å². The van der Waals surface area contributed by atoms with Crippen molar-refractivity contribution in [3.8, 4) is 11.4 Å². The second kappa shape index (κ2) is 8.65. The van der Waals surface area contributed by atoms with Gasteiger partial charge in [-0.1, -0.05) is 23.9 Å². The maximum atomic E-state index is 12.3. The van der Waals surface area contributed by atoms with Crippen LogP contribution < -0.4 is 9.64 Å². The molecule has 2 heterocycles. The molecule has 1 atom stereocenters. The summed E-state index contributed by atoms with van der Waals surface area (Å²) in [5.74, 6) is 1.62. The van der Waals surface area contributed by atoms with Crippen molar-refractivity contribution in [2.45, 2.75) is 36.6 Å². The van der Waals surface area contributed by atoms with Gasteiger partial charge in [0.1, 0.15) is 5.75 Å². The molecule has 0 N–H and O–H groups in total. The second-order valence-corrected chi connectivity index (χ2v) is 8.14. The average molecular weight is 390 g/mol. The number of para-hydroxylation sites is 2. The van der Waals surface area contributed by atoms with Crippen LogP contribution in [0.5, 0.6) is 5.75 Å². The fourth-order valence-corrected chi connectivity index (χ4v) is 4.24. The van der Waals surface area contributed by atoms with Crippen molar-refractivity contribution in [2.24, 2.45) is 0 Å². The average Bonchev–Trinajstić information content (AvgIpc) is 3.11. The zero-order chi connectivity index (χ0) is 19.4. The van der Waals surface area contributed by atoms with E-state index in [2.05, 4.69) is 15.1 Å². The van der Waals surface area contributed by atoms with Crippen LogP contribution in [0.4, 0.5) is 5.95 Å². The van der Waals surface area contributed by atoms with Crippen LogP contribution in [-0.4, -0.2) is 65.1 Å². The van der Waals surface area contributed by atoms with Crippen LogP contribution in [0, 0.1) is 0 Å². The molecule has 1 aromatic carbocycles. The number of ether oxygens (including phenoxy) is 1. The molecule has 0 unspecified atom stereocenters. The number of amides is 1. The van der Waals surface area contributed by atoms with Gasteiger partial charge in [-0.15, -0.1) is 10.2 Å². The topological polar surface area (TPSA) is 63.5 Å². The van der Waals surface area contributed by atoms with Gasteiger partial charge in [0.2, 0.25) is 11.9 Å². The highest BCUT2D eigenvalue weighted by atomic mass is 32.2. The molecular weight excluding hydrogens is 362 g/mol. The summed E-state index contributed by atoms with van der Waals surface area (Å²) in [6.45, 7) is 3.82. The SMILES string of the molecule is COc1ccccc1-n1c(S[C@H](C)C(=O)N(C)C)nnc1N1CCCCC1. The quantitative estimate of drug-likeness (QED) is 0.708. The van der Waals surface area contributed by atoms with Gasteiger partial charge in [0.25, 0.3) is 0 Å². The van der Waals surface area contributed by atoms with Crippen LogP contribution in [0.25, 0.3) is 5.69 Å². The molecule has 8 heteroatoms.